The largest absolute Gasteiger partial charge is 0.462 e. The number of unbranched alkanes of at least 4 members (excludes halogenated alkanes) is 19. The normalized spacial score (nSPS) is 13.9. The van der Waals surface area contributed by atoms with Crippen molar-refractivity contribution < 1.29 is 24.5 Å². The lowest BCUT2D eigenvalue weighted by molar-refractivity contribution is -0.151. The molecular weight excluding hydrogens is 731 g/mol. The molecule has 6 nitrogen and oxygen atoms in total. The third kappa shape index (κ3) is 41.8. The number of aliphatic hydroxyl groups is 2. The number of allylic oxidation sites excluding steroid dienone is 12. The van der Waals surface area contributed by atoms with Crippen molar-refractivity contribution in [3.05, 3.63) is 72.9 Å². The number of carbonyl (C=O) groups is 2. The Labute approximate surface area is 364 Å². The standard InChI is InChI=1S/C53H93NO5/c1-4-7-10-13-16-19-22-24-25-26-27-29-31-34-37-40-43-46-53(58)59-49(44-41-38-35-32-30-28-23-20-17-14-11-8-5-2)47-52(57)54-50(48-55)51(56)45-42-39-36-33-21-18-15-12-9-6-3/h7,10,16,19-20,23-25,27,29,34,37,49-51,55-56H,4-6,8-9,11-15,17-18,21-22,26,28,30-33,35-36,38-48H2,1-3H3,(H,54,57)/b10-7-,19-16-,23-20-,25-24-,29-27-,37-34-. The predicted molar refractivity (Wildman–Crippen MR) is 255 cm³/mol. The van der Waals surface area contributed by atoms with E-state index in [4.69, 9.17) is 4.74 Å². The van der Waals surface area contributed by atoms with Gasteiger partial charge in [0.05, 0.1) is 25.2 Å². The monoisotopic (exact) mass is 824 g/mol. The SMILES string of the molecule is CC/C=C\C/C=C\C/C=C\C/C=C\C/C=C\CCCC(=O)OC(CCCCCCC/C=C\CCCCCC)CC(=O)NC(CO)C(O)CCCCCCCCCCCC. The highest BCUT2D eigenvalue weighted by Crippen LogP contribution is 2.17. The molecule has 0 aromatic heterocycles. The molecule has 3 unspecified atom stereocenters. The summed E-state index contributed by atoms with van der Waals surface area (Å²) in [5.74, 6) is -0.555. The molecule has 0 aliphatic heterocycles. The van der Waals surface area contributed by atoms with Crippen molar-refractivity contribution in [3.63, 3.8) is 0 Å². The van der Waals surface area contributed by atoms with Crippen molar-refractivity contribution in [2.75, 3.05) is 6.61 Å². The van der Waals surface area contributed by atoms with Crippen LogP contribution in [-0.4, -0.2) is 46.9 Å². The molecule has 0 radical (unpaired) electrons. The molecule has 3 atom stereocenters. The molecule has 0 spiro atoms. The Kier molecular flexibility index (Phi) is 44.2. The average Bonchev–Trinajstić information content (AvgIpc) is 3.23. The van der Waals surface area contributed by atoms with Gasteiger partial charge in [-0.25, -0.2) is 0 Å². The summed E-state index contributed by atoms with van der Waals surface area (Å²) in [7, 11) is 0. The summed E-state index contributed by atoms with van der Waals surface area (Å²) >= 11 is 0. The summed E-state index contributed by atoms with van der Waals surface area (Å²) in [6.45, 7) is 6.32. The minimum atomic E-state index is -0.800. The number of hydrogen-bond donors (Lipinski definition) is 3. The highest BCUT2D eigenvalue weighted by atomic mass is 16.5. The molecule has 0 rings (SSSR count). The molecule has 1 amide bonds. The average molecular weight is 824 g/mol. The summed E-state index contributed by atoms with van der Waals surface area (Å²) in [4.78, 5) is 26.1. The fraction of sp³-hybridized carbons (Fsp3) is 0.736. The van der Waals surface area contributed by atoms with Crippen molar-refractivity contribution in [3.8, 4) is 0 Å². The Morgan fingerprint density at radius 3 is 1.42 bits per heavy atom. The van der Waals surface area contributed by atoms with Gasteiger partial charge >= 0.3 is 5.97 Å². The fourth-order valence-corrected chi connectivity index (χ4v) is 7.05. The maximum absolute atomic E-state index is 13.2. The van der Waals surface area contributed by atoms with Gasteiger partial charge < -0.3 is 20.3 Å². The van der Waals surface area contributed by atoms with Gasteiger partial charge in [0.1, 0.15) is 6.10 Å². The molecule has 0 heterocycles. The van der Waals surface area contributed by atoms with E-state index in [0.717, 1.165) is 83.5 Å². The number of aliphatic hydroxyl groups excluding tert-OH is 2. The minimum Gasteiger partial charge on any atom is -0.462 e. The van der Waals surface area contributed by atoms with Crippen molar-refractivity contribution in [1.82, 2.24) is 5.32 Å². The van der Waals surface area contributed by atoms with Crippen LogP contribution < -0.4 is 5.32 Å². The quantitative estimate of drug-likeness (QED) is 0.0323. The Morgan fingerprint density at radius 1 is 0.508 bits per heavy atom. The van der Waals surface area contributed by atoms with Crippen LogP contribution in [-0.2, 0) is 14.3 Å². The number of esters is 1. The first-order valence-corrected chi connectivity index (χ1v) is 24.7. The molecule has 3 N–H and O–H groups in total. The molecule has 0 saturated carbocycles. The highest BCUT2D eigenvalue weighted by Gasteiger charge is 2.24. The van der Waals surface area contributed by atoms with Crippen LogP contribution in [0.1, 0.15) is 226 Å². The zero-order valence-electron chi connectivity index (χ0n) is 38.6. The van der Waals surface area contributed by atoms with Crippen LogP contribution in [0.15, 0.2) is 72.9 Å². The van der Waals surface area contributed by atoms with Crippen molar-refractivity contribution in [1.29, 1.82) is 0 Å². The number of rotatable bonds is 43. The lowest BCUT2D eigenvalue weighted by atomic mass is 10.0. The molecule has 340 valence electrons. The second-order valence-corrected chi connectivity index (χ2v) is 16.5. The second kappa shape index (κ2) is 46.4. The number of hydrogen-bond acceptors (Lipinski definition) is 5. The van der Waals surface area contributed by atoms with E-state index in [1.54, 1.807) is 0 Å². The summed E-state index contributed by atoms with van der Waals surface area (Å²) in [6, 6.07) is -0.716. The van der Waals surface area contributed by atoms with Crippen LogP contribution in [0.2, 0.25) is 0 Å². The molecule has 0 aliphatic carbocycles. The van der Waals surface area contributed by atoms with E-state index in [0.29, 0.717) is 25.7 Å². The summed E-state index contributed by atoms with van der Waals surface area (Å²) in [6.07, 6.45) is 58.2. The smallest absolute Gasteiger partial charge is 0.306 e. The van der Waals surface area contributed by atoms with Crippen molar-refractivity contribution in [2.24, 2.45) is 0 Å². The van der Waals surface area contributed by atoms with Crippen LogP contribution in [0.5, 0.6) is 0 Å². The molecule has 0 fully saturated rings. The van der Waals surface area contributed by atoms with Gasteiger partial charge in [-0.2, -0.15) is 0 Å². The molecule has 0 saturated heterocycles. The minimum absolute atomic E-state index is 0.0467. The van der Waals surface area contributed by atoms with Crippen LogP contribution in [0.3, 0.4) is 0 Å². The van der Waals surface area contributed by atoms with E-state index >= 15 is 0 Å². The van der Waals surface area contributed by atoms with E-state index in [9.17, 15) is 19.8 Å². The second-order valence-electron chi connectivity index (χ2n) is 16.5. The molecule has 0 aromatic rings. The Hall–Kier alpha value is -2.70. The van der Waals surface area contributed by atoms with E-state index < -0.39 is 18.2 Å². The Balaban J connectivity index is 4.70. The lowest BCUT2D eigenvalue weighted by Gasteiger charge is -2.24. The van der Waals surface area contributed by atoms with Gasteiger partial charge in [-0.05, 0) is 89.9 Å². The zero-order chi connectivity index (χ0) is 43.1. The number of carbonyl (C=O) groups excluding carboxylic acids is 2. The Morgan fingerprint density at radius 2 is 0.915 bits per heavy atom. The van der Waals surface area contributed by atoms with Gasteiger partial charge in [0, 0.05) is 6.42 Å². The third-order valence-corrected chi connectivity index (χ3v) is 10.8. The first-order chi connectivity index (χ1) is 29.0. The van der Waals surface area contributed by atoms with Gasteiger partial charge in [-0.1, -0.05) is 196 Å². The van der Waals surface area contributed by atoms with Crippen LogP contribution in [0.25, 0.3) is 0 Å². The molecule has 6 heteroatoms. The van der Waals surface area contributed by atoms with Crippen LogP contribution >= 0.6 is 0 Å². The van der Waals surface area contributed by atoms with E-state index in [2.05, 4.69) is 99.0 Å². The molecule has 59 heavy (non-hydrogen) atoms. The molecule has 0 aliphatic rings. The first-order valence-electron chi connectivity index (χ1n) is 24.7. The van der Waals surface area contributed by atoms with Gasteiger partial charge in [-0.3, -0.25) is 9.59 Å². The summed E-state index contributed by atoms with van der Waals surface area (Å²) < 4.78 is 5.89. The van der Waals surface area contributed by atoms with Crippen molar-refractivity contribution >= 4 is 11.9 Å². The van der Waals surface area contributed by atoms with Gasteiger partial charge in [0.25, 0.3) is 0 Å². The predicted octanol–water partition coefficient (Wildman–Crippen LogP) is 14.6. The fourth-order valence-electron chi connectivity index (χ4n) is 7.05. The molecule has 0 bridgehead atoms. The highest BCUT2D eigenvalue weighted by molar-refractivity contribution is 5.77. The number of amides is 1. The Bertz CT molecular complexity index is 1110. The number of ether oxygens (including phenoxy) is 1. The van der Waals surface area contributed by atoms with Gasteiger partial charge in [0.15, 0.2) is 0 Å². The zero-order valence-corrected chi connectivity index (χ0v) is 38.6. The molecular formula is C53H93NO5. The number of nitrogens with one attached hydrogen (secondary N) is 1. The van der Waals surface area contributed by atoms with Gasteiger partial charge in [-0.15, -0.1) is 0 Å². The van der Waals surface area contributed by atoms with E-state index in [1.165, 1.54) is 89.9 Å². The summed E-state index contributed by atoms with van der Waals surface area (Å²) in [5.41, 5.74) is 0. The maximum Gasteiger partial charge on any atom is 0.306 e. The topological polar surface area (TPSA) is 95.9 Å². The summed E-state index contributed by atoms with van der Waals surface area (Å²) in [5, 5.41) is 23.7. The first kappa shape index (κ1) is 56.3. The van der Waals surface area contributed by atoms with E-state index in [1.807, 2.05) is 0 Å². The molecule has 0 aromatic carbocycles. The lowest BCUT2D eigenvalue weighted by Crippen LogP contribution is -2.46. The van der Waals surface area contributed by atoms with Crippen molar-refractivity contribution in [2.45, 2.75) is 244 Å². The maximum atomic E-state index is 13.2. The van der Waals surface area contributed by atoms with Crippen LogP contribution in [0.4, 0.5) is 0 Å². The third-order valence-electron chi connectivity index (χ3n) is 10.8. The van der Waals surface area contributed by atoms with Gasteiger partial charge in [0.2, 0.25) is 5.91 Å². The van der Waals surface area contributed by atoms with E-state index in [-0.39, 0.29) is 24.9 Å². The van der Waals surface area contributed by atoms with Crippen LogP contribution in [0, 0.1) is 0 Å².